The van der Waals surface area contributed by atoms with Crippen LogP contribution in [0.5, 0.6) is 0 Å². The normalized spacial score (nSPS) is 17.7. The van der Waals surface area contributed by atoms with E-state index in [0.29, 0.717) is 5.13 Å². The van der Waals surface area contributed by atoms with Crippen molar-refractivity contribution in [3.8, 4) is 0 Å². The summed E-state index contributed by atoms with van der Waals surface area (Å²) in [6.45, 7) is 0.831. The maximum Gasteiger partial charge on any atom is 0.257 e. The number of halogens is 1. The Kier molecular flexibility index (Phi) is 4.97. The van der Waals surface area contributed by atoms with Crippen LogP contribution in [0.15, 0.2) is 23.1 Å². The molecule has 144 valence electrons. The van der Waals surface area contributed by atoms with Crippen molar-refractivity contribution in [3.63, 3.8) is 0 Å². The van der Waals surface area contributed by atoms with Crippen molar-refractivity contribution in [3.05, 3.63) is 40.2 Å². The number of carbonyl (C=O) groups is 1. The van der Waals surface area contributed by atoms with Gasteiger partial charge in [0.1, 0.15) is 10.7 Å². The van der Waals surface area contributed by atoms with Gasteiger partial charge in [-0.25, -0.2) is 17.8 Å². The van der Waals surface area contributed by atoms with E-state index in [1.165, 1.54) is 26.6 Å². The van der Waals surface area contributed by atoms with E-state index in [-0.39, 0.29) is 31.9 Å². The summed E-state index contributed by atoms with van der Waals surface area (Å²) < 4.78 is 46.0. The SMILES string of the molecule is O=C(Nc1nc2c(s1)CCC2)c1ccc(F)c(S(=O)(=O)N2CCOCC2)c1. The molecule has 2 aliphatic rings. The number of nitrogens with one attached hydrogen (secondary N) is 1. The van der Waals surface area contributed by atoms with Crippen LogP contribution in [0, 0.1) is 5.82 Å². The second kappa shape index (κ2) is 7.27. The van der Waals surface area contributed by atoms with E-state index in [9.17, 15) is 17.6 Å². The number of ether oxygens (including phenoxy) is 1. The third-order valence-electron chi connectivity index (χ3n) is 4.60. The van der Waals surface area contributed by atoms with E-state index in [0.717, 1.165) is 37.1 Å². The first-order valence-corrected chi connectivity index (χ1v) is 10.9. The molecular formula is C17H18FN3O4S2. The van der Waals surface area contributed by atoms with Gasteiger partial charge >= 0.3 is 0 Å². The second-order valence-corrected chi connectivity index (χ2v) is 9.35. The summed E-state index contributed by atoms with van der Waals surface area (Å²) in [7, 11) is -4.03. The molecule has 0 saturated carbocycles. The smallest absolute Gasteiger partial charge is 0.257 e. The number of rotatable bonds is 4. The Bertz CT molecular complexity index is 963. The quantitative estimate of drug-likeness (QED) is 0.832. The Balaban J connectivity index is 1.58. The van der Waals surface area contributed by atoms with E-state index in [1.807, 2.05) is 0 Å². The number of aryl methyl sites for hydroxylation is 2. The fraction of sp³-hybridized carbons (Fsp3) is 0.412. The van der Waals surface area contributed by atoms with Crippen LogP contribution in [0.4, 0.5) is 9.52 Å². The number of fused-ring (bicyclic) bond motifs is 1. The van der Waals surface area contributed by atoms with Crippen LogP contribution >= 0.6 is 11.3 Å². The molecule has 1 saturated heterocycles. The van der Waals surface area contributed by atoms with Gasteiger partial charge in [-0.15, -0.1) is 11.3 Å². The molecule has 1 aromatic carbocycles. The number of nitrogens with zero attached hydrogens (tertiary/aromatic N) is 2. The van der Waals surface area contributed by atoms with Crippen LogP contribution in [0.1, 0.15) is 27.3 Å². The molecule has 1 aliphatic carbocycles. The fourth-order valence-corrected chi connectivity index (χ4v) is 5.72. The average molecular weight is 411 g/mol. The molecule has 2 aromatic rings. The van der Waals surface area contributed by atoms with Crippen molar-refractivity contribution in [2.75, 3.05) is 31.6 Å². The van der Waals surface area contributed by atoms with Crippen molar-refractivity contribution < 1.29 is 22.3 Å². The topological polar surface area (TPSA) is 88.6 Å². The van der Waals surface area contributed by atoms with Crippen molar-refractivity contribution in [2.24, 2.45) is 0 Å². The van der Waals surface area contributed by atoms with Crippen LogP contribution in [0.25, 0.3) is 0 Å². The minimum absolute atomic E-state index is 0.0681. The zero-order valence-electron chi connectivity index (χ0n) is 14.4. The first-order chi connectivity index (χ1) is 12.9. The van der Waals surface area contributed by atoms with Crippen molar-refractivity contribution in [1.82, 2.24) is 9.29 Å². The number of aromatic nitrogens is 1. The minimum Gasteiger partial charge on any atom is -0.379 e. The first kappa shape index (κ1) is 18.5. The summed E-state index contributed by atoms with van der Waals surface area (Å²) in [5.74, 6) is -1.40. The first-order valence-electron chi connectivity index (χ1n) is 8.62. The van der Waals surface area contributed by atoms with Gasteiger partial charge < -0.3 is 4.74 Å². The summed E-state index contributed by atoms with van der Waals surface area (Å²) >= 11 is 1.42. The van der Waals surface area contributed by atoms with E-state index in [4.69, 9.17) is 4.74 Å². The summed E-state index contributed by atoms with van der Waals surface area (Å²) in [6, 6.07) is 3.35. The molecular weight excluding hydrogens is 393 g/mol. The number of hydrogen-bond donors (Lipinski definition) is 1. The molecule has 7 nitrogen and oxygen atoms in total. The summed E-state index contributed by atoms with van der Waals surface area (Å²) in [6.07, 6.45) is 2.94. The average Bonchev–Trinajstić information content (AvgIpc) is 3.24. The minimum atomic E-state index is -4.03. The number of hydrogen-bond acceptors (Lipinski definition) is 6. The number of amides is 1. The lowest BCUT2D eigenvalue weighted by Gasteiger charge is -2.26. The molecule has 27 heavy (non-hydrogen) atoms. The number of anilines is 1. The number of morpholine rings is 1. The number of benzene rings is 1. The van der Waals surface area contributed by atoms with Gasteiger partial charge in [0, 0.05) is 23.5 Å². The van der Waals surface area contributed by atoms with E-state index in [1.54, 1.807) is 0 Å². The third-order valence-corrected chi connectivity index (χ3v) is 7.58. The molecule has 0 bridgehead atoms. The van der Waals surface area contributed by atoms with Gasteiger partial charge in [0.25, 0.3) is 5.91 Å². The molecule has 1 aliphatic heterocycles. The number of thiazole rings is 1. The zero-order chi connectivity index (χ0) is 19.0. The molecule has 4 rings (SSSR count). The highest BCUT2D eigenvalue weighted by Crippen LogP contribution is 2.31. The molecule has 0 atom stereocenters. The molecule has 10 heteroatoms. The maximum atomic E-state index is 14.2. The maximum absolute atomic E-state index is 14.2. The van der Waals surface area contributed by atoms with Crippen LogP contribution in [0.2, 0.25) is 0 Å². The predicted octanol–water partition coefficient (Wildman–Crippen LogP) is 2.04. The lowest BCUT2D eigenvalue weighted by Crippen LogP contribution is -2.41. The molecule has 1 fully saturated rings. The monoisotopic (exact) mass is 411 g/mol. The summed E-state index contributed by atoms with van der Waals surface area (Å²) in [4.78, 5) is 17.6. The Morgan fingerprint density at radius 3 is 2.78 bits per heavy atom. The largest absolute Gasteiger partial charge is 0.379 e. The Labute approximate surface area is 160 Å². The lowest BCUT2D eigenvalue weighted by molar-refractivity contribution is 0.0729. The molecule has 1 amide bonds. The Morgan fingerprint density at radius 2 is 2.04 bits per heavy atom. The van der Waals surface area contributed by atoms with Gasteiger partial charge in [-0.1, -0.05) is 0 Å². The van der Waals surface area contributed by atoms with Gasteiger partial charge in [0.2, 0.25) is 10.0 Å². The molecule has 0 unspecified atom stereocenters. The van der Waals surface area contributed by atoms with E-state index >= 15 is 0 Å². The fourth-order valence-electron chi connectivity index (χ4n) is 3.18. The third kappa shape index (κ3) is 3.62. The predicted molar refractivity (Wildman–Crippen MR) is 98.1 cm³/mol. The second-order valence-electron chi connectivity index (χ2n) is 6.36. The number of carbonyl (C=O) groups excluding carboxylic acids is 1. The van der Waals surface area contributed by atoms with Crippen LogP contribution in [-0.4, -0.2) is 49.9 Å². The van der Waals surface area contributed by atoms with Crippen LogP contribution < -0.4 is 5.32 Å². The highest BCUT2D eigenvalue weighted by Gasteiger charge is 2.30. The summed E-state index contributed by atoms with van der Waals surface area (Å²) in [5.41, 5.74) is 1.07. The van der Waals surface area contributed by atoms with Crippen molar-refractivity contribution in [1.29, 1.82) is 0 Å². The van der Waals surface area contributed by atoms with E-state index in [2.05, 4.69) is 10.3 Å². The van der Waals surface area contributed by atoms with Gasteiger partial charge in [-0.2, -0.15) is 4.31 Å². The van der Waals surface area contributed by atoms with Crippen molar-refractivity contribution >= 4 is 32.4 Å². The summed E-state index contributed by atoms with van der Waals surface area (Å²) in [5, 5.41) is 3.16. The zero-order valence-corrected chi connectivity index (χ0v) is 16.0. The van der Waals surface area contributed by atoms with Gasteiger partial charge in [-0.05, 0) is 37.5 Å². The highest BCUT2D eigenvalue weighted by atomic mass is 32.2. The van der Waals surface area contributed by atoms with Crippen molar-refractivity contribution in [2.45, 2.75) is 24.2 Å². The standard InChI is InChI=1S/C17H18FN3O4S2/c18-12-5-4-11(10-15(12)27(23,24)21-6-8-25-9-7-21)16(22)20-17-19-13-2-1-3-14(13)26-17/h4-5,10H,1-3,6-9H2,(H,19,20,22). The molecule has 2 heterocycles. The highest BCUT2D eigenvalue weighted by molar-refractivity contribution is 7.89. The van der Waals surface area contributed by atoms with Crippen LogP contribution in [-0.2, 0) is 27.6 Å². The molecule has 0 spiro atoms. The van der Waals surface area contributed by atoms with Gasteiger partial charge in [-0.3, -0.25) is 10.1 Å². The van der Waals surface area contributed by atoms with Gasteiger partial charge in [0.15, 0.2) is 5.13 Å². The molecule has 1 N–H and O–H groups in total. The van der Waals surface area contributed by atoms with E-state index < -0.39 is 26.6 Å². The lowest BCUT2D eigenvalue weighted by atomic mass is 10.2. The van der Waals surface area contributed by atoms with Crippen LogP contribution in [0.3, 0.4) is 0 Å². The molecule has 0 radical (unpaired) electrons. The Hall–Kier alpha value is -1.88. The molecule has 1 aromatic heterocycles. The van der Waals surface area contributed by atoms with Gasteiger partial charge in [0.05, 0.1) is 18.9 Å². The Morgan fingerprint density at radius 1 is 1.26 bits per heavy atom. The number of sulfonamides is 1.